The third-order valence-electron chi connectivity index (χ3n) is 12.2. The van der Waals surface area contributed by atoms with Gasteiger partial charge in [0.1, 0.15) is 23.7 Å². The fraction of sp³-hybridized carbons (Fsp3) is 0.333. The molecule has 9 rings (SSSR count). The molecule has 2 aromatic heterocycles. The number of likely N-dealkylation sites (tertiary alicyclic amines) is 2. The molecule has 3 aliphatic rings. The van der Waals surface area contributed by atoms with E-state index in [4.69, 9.17) is 14.7 Å². The van der Waals surface area contributed by atoms with Gasteiger partial charge in [-0.1, -0.05) is 109 Å². The Morgan fingerprint density at radius 3 is 1.56 bits per heavy atom. The lowest BCUT2D eigenvalue weighted by molar-refractivity contribution is -0.140. The highest BCUT2D eigenvalue weighted by molar-refractivity contribution is 5.85. The van der Waals surface area contributed by atoms with Crippen LogP contribution < -0.4 is 0 Å². The lowest BCUT2D eigenvalue weighted by atomic mass is 10.0. The molecule has 3 aliphatic heterocycles. The van der Waals surface area contributed by atoms with Crippen LogP contribution in [0.4, 0.5) is 0 Å². The lowest BCUT2D eigenvalue weighted by Gasteiger charge is -2.37. The van der Waals surface area contributed by atoms with Crippen molar-refractivity contribution in [1.29, 1.82) is 0 Å². The lowest BCUT2D eigenvalue weighted by Crippen LogP contribution is -2.47. The Labute approximate surface area is 346 Å². The molecular formula is C48H52N8O3. The SMILES string of the molecule is CN(C)[C@@H](C(=O)N1CCC[C@H]1c1ncc(-c2ccc(-c3ccc(-c4cnc([C@@H]5CCCN5C(=O)[C@@H](c5ccccc5)N5CCOCC5)[nH]4)cc3)cc2)[nH]1)c1ccccc1. The molecule has 59 heavy (non-hydrogen) atoms. The summed E-state index contributed by atoms with van der Waals surface area (Å²) >= 11 is 0. The first-order valence-corrected chi connectivity index (χ1v) is 20.9. The molecule has 0 spiro atoms. The maximum Gasteiger partial charge on any atom is 0.245 e. The summed E-state index contributed by atoms with van der Waals surface area (Å²) < 4.78 is 5.63. The van der Waals surface area contributed by atoms with Crippen molar-refractivity contribution in [3.8, 4) is 33.6 Å². The van der Waals surface area contributed by atoms with Crippen LogP contribution in [-0.2, 0) is 14.3 Å². The number of H-pyrrole nitrogens is 2. The van der Waals surface area contributed by atoms with Crippen LogP contribution in [0.25, 0.3) is 33.6 Å². The first-order valence-electron chi connectivity index (χ1n) is 20.9. The quantitative estimate of drug-likeness (QED) is 0.138. The van der Waals surface area contributed by atoms with E-state index >= 15 is 0 Å². The number of likely N-dealkylation sites (N-methyl/N-ethyl adjacent to an activating group) is 1. The van der Waals surface area contributed by atoms with Gasteiger partial charge in [0.05, 0.1) is 49.1 Å². The Hall–Kier alpha value is -5.88. The monoisotopic (exact) mass is 788 g/mol. The Balaban J connectivity index is 0.862. The van der Waals surface area contributed by atoms with Gasteiger partial charge < -0.3 is 24.5 Å². The molecule has 3 fully saturated rings. The van der Waals surface area contributed by atoms with Crippen LogP contribution in [0, 0.1) is 0 Å². The maximum atomic E-state index is 14.3. The largest absolute Gasteiger partial charge is 0.379 e. The molecule has 2 amide bonds. The first-order chi connectivity index (χ1) is 28.9. The van der Waals surface area contributed by atoms with E-state index in [1.54, 1.807) is 0 Å². The van der Waals surface area contributed by atoms with E-state index in [-0.39, 0.29) is 36.0 Å². The van der Waals surface area contributed by atoms with Crippen molar-refractivity contribution in [1.82, 2.24) is 39.5 Å². The Bertz CT molecular complexity index is 2340. The summed E-state index contributed by atoms with van der Waals surface area (Å²) in [6.45, 7) is 4.17. The minimum absolute atomic E-state index is 0.0851. The topological polar surface area (TPSA) is 114 Å². The highest BCUT2D eigenvalue weighted by Crippen LogP contribution is 2.37. The average molecular weight is 789 g/mol. The van der Waals surface area contributed by atoms with Crippen molar-refractivity contribution in [2.45, 2.75) is 49.9 Å². The molecule has 2 N–H and O–H groups in total. The molecule has 4 atom stereocenters. The normalized spacial score (nSPS) is 19.6. The third kappa shape index (κ3) is 7.98. The van der Waals surface area contributed by atoms with Gasteiger partial charge in [-0.3, -0.25) is 19.4 Å². The van der Waals surface area contributed by atoms with Crippen molar-refractivity contribution in [2.24, 2.45) is 0 Å². The number of aromatic amines is 2. The predicted octanol–water partition coefficient (Wildman–Crippen LogP) is 7.84. The molecule has 11 nitrogen and oxygen atoms in total. The number of hydrogen-bond donors (Lipinski definition) is 2. The minimum Gasteiger partial charge on any atom is -0.379 e. The number of hydrogen-bond acceptors (Lipinski definition) is 7. The number of carbonyl (C=O) groups is 2. The van der Waals surface area contributed by atoms with Crippen molar-refractivity contribution >= 4 is 11.8 Å². The van der Waals surface area contributed by atoms with Crippen LogP contribution in [0.2, 0.25) is 0 Å². The number of ether oxygens (including phenoxy) is 1. The summed E-state index contributed by atoms with van der Waals surface area (Å²) in [6.07, 6.45) is 7.42. The molecule has 302 valence electrons. The van der Waals surface area contributed by atoms with Gasteiger partial charge in [-0.05, 0) is 73.2 Å². The van der Waals surface area contributed by atoms with Crippen LogP contribution in [0.1, 0.15) is 72.6 Å². The molecule has 0 saturated carbocycles. The van der Waals surface area contributed by atoms with E-state index in [1.807, 2.05) is 89.7 Å². The molecule has 4 aromatic carbocycles. The molecule has 11 heteroatoms. The summed E-state index contributed by atoms with van der Waals surface area (Å²) in [5, 5.41) is 0. The second-order valence-corrected chi connectivity index (χ2v) is 16.1. The van der Waals surface area contributed by atoms with Crippen LogP contribution >= 0.6 is 0 Å². The van der Waals surface area contributed by atoms with E-state index in [0.717, 1.165) is 108 Å². The van der Waals surface area contributed by atoms with E-state index < -0.39 is 0 Å². The summed E-state index contributed by atoms with van der Waals surface area (Å²) in [6, 6.07) is 36.3. The number of nitrogens with zero attached hydrogens (tertiary/aromatic N) is 6. The zero-order valence-corrected chi connectivity index (χ0v) is 33.8. The van der Waals surface area contributed by atoms with Gasteiger partial charge in [0, 0.05) is 26.2 Å². The standard InChI is InChI=1S/C48H52N8O3/c1-53(2)43(37-11-5-3-6-12-37)47(57)55-25-9-15-41(55)45-49-31-39(51-45)35-21-17-33(18-22-35)34-19-23-36(24-20-34)40-32-50-46(52-40)42-16-10-26-56(42)48(58)44(38-13-7-4-8-14-38)54-27-29-59-30-28-54/h3-8,11-14,17-24,31-32,41-44H,9-10,15-16,25-30H2,1-2H3,(H,49,51)(H,50,52)/t41-,42-,43+,44+/m0/s1. The van der Waals surface area contributed by atoms with Gasteiger partial charge in [-0.15, -0.1) is 0 Å². The van der Waals surface area contributed by atoms with Crippen molar-refractivity contribution in [3.05, 3.63) is 144 Å². The number of benzene rings is 4. The number of rotatable bonds is 11. The summed E-state index contributed by atoms with van der Waals surface area (Å²) in [4.78, 5) is 53.3. The van der Waals surface area contributed by atoms with E-state index in [9.17, 15) is 9.59 Å². The van der Waals surface area contributed by atoms with Gasteiger partial charge in [-0.2, -0.15) is 0 Å². The number of morpholine rings is 1. The molecular weight excluding hydrogens is 737 g/mol. The highest BCUT2D eigenvalue weighted by Gasteiger charge is 2.40. The fourth-order valence-corrected chi connectivity index (χ4v) is 9.21. The second-order valence-electron chi connectivity index (χ2n) is 16.1. The Morgan fingerprint density at radius 2 is 1.07 bits per heavy atom. The van der Waals surface area contributed by atoms with Gasteiger partial charge in [0.15, 0.2) is 0 Å². The first kappa shape index (κ1) is 38.6. The molecule has 0 radical (unpaired) electrons. The van der Waals surface area contributed by atoms with Gasteiger partial charge in [0.25, 0.3) is 0 Å². The molecule has 6 aromatic rings. The van der Waals surface area contributed by atoms with E-state index in [0.29, 0.717) is 13.2 Å². The predicted molar refractivity (Wildman–Crippen MR) is 229 cm³/mol. The van der Waals surface area contributed by atoms with Crippen LogP contribution in [-0.4, -0.2) is 105 Å². The van der Waals surface area contributed by atoms with Crippen LogP contribution in [0.5, 0.6) is 0 Å². The number of imidazole rings is 2. The summed E-state index contributed by atoms with van der Waals surface area (Å²) in [5.74, 6) is 1.90. The van der Waals surface area contributed by atoms with Gasteiger partial charge >= 0.3 is 0 Å². The number of carbonyl (C=O) groups excluding carboxylic acids is 2. The van der Waals surface area contributed by atoms with Crippen molar-refractivity contribution in [3.63, 3.8) is 0 Å². The summed E-state index contributed by atoms with van der Waals surface area (Å²) in [7, 11) is 3.92. The van der Waals surface area contributed by atoms with Gasteiger partial charge in [-0.25, -0.2) is 9.97 Å². The third-order valence-corrected chi connectivity index (χ3v) is 12.2. The highest BCUT2D eigenvalue weighted by atomic mass is 16.5. The molecule has 3 saturated heterocycles. The molecule has 0 aliphatic carbocycles. The maximum absolute atomic E-state index is 14.3. The van der Waals surface area contributed by atoms with Crippen molar-refractivity contribution in [2.75, 3.05) is 53.5 Å². The summed E-state index contributed by atoms with van der Waals surface area (Å²) in [5.41, 5.74) is 8.20. The molecule has 0 unspecified atom stereocenters. The van der Waals surface area contributed by atoms with Gasteiger partial charge in [0.2, 0.25) is 11.8 Å². The number of amides is 2. The second kappa shape index (κ2) is 17.1. The fourth-order valence-electron chi connectivity index (χ4n) is 9.21. The number of nitrogens with one attached hydrogen (secondary N) is 2. The zero-order valence-electron chi connectivity index (χ0n) is 33.8. The number of aromatic nitrogens is 4. The van der Waals surface area contributed by atoms with Crippen LogP contribution in [0.3, 0.4) is 0 Å². The smallest absolute Gasteiger partial charge is 0.245 e. The average Bonchev–Trinajstić information content (AvgIpc) is 4.12. The zero-order chi connectivity index (χ0) is 40.3. The van der Waals surface area contributed by atoms with E-state index in [1.165, 1.54) is 0 Å². The minimum atomic E-state index is -0.343. The van der Waals surface area contributed by atoms with E-state index in [2.05, 4.69) is 75.5 Å². The Morgan fingerprint density at radius 1 is 0.610 bits per heavy atom. The Kier molecular flexibility index (Phi) is 11.2. The molecule has 0 bridgehead atoms. The van der Waals surface area contributed by atoms with Crippen molar-refractivity contribution < 1.29 is 14.3 Å². The molecule has 5 heterocycles. The van der Waals surface area contributed by atoms with Crippen LogP contribution in [0.15, 0.2) is 122 Å².